The molecule has 0 amide bonds. The van der Waals surface area contributed by atoms with Gasteiger partial charge in [-0.05, 0) is 7.05 Å². The average Bonchev–Trinajstić information content (AvgIpc) is 2.14. The van der Waals surface area contributed by atoms with Gasteiger partial charge in [0, 0.05) is 0 Å². The number of carboxylic acid groups (broad SMARTS) is 4. The summed E-state index contributed by atoms with van der Waals surface area (Å²) >= 11 is 0. The fraction of sp³-hybridized carbons (Fsp3) is 0.556. The lowest BCUT2D eigenvalue weighted by molar-refractivity contribution is -0.170. The van der Waals surface area contributed by atoms with Gasteiger partial charge in [0.15, 0.2) is 5.60 Å². The number of carboxylic acids is 4. The first-order valence-corrected chi connectivity index (χ1v) is 4.81. The third-order valence-corrected chi connectivity index (χ3v) is 1.61. The lowest BCUT2D eigenvalue weighted by Crippen LogP contribution is -2.42. The van der Waals surface area contributed by atoms with Crippen LogP contribution in [0.15, 0.2) is 0 Å². The molecule has 0 radical (unpaired) electrons. The normalized spacial score (nSPS) is 10.0. The fourth-order valence-electron chi connectivity index (χ4n) is 0.865. The van der Waals surface area contributed by atoms with Crippen molar-refractivity contribution in [3.8, 4) is 0 Å². The molecule has 0 aromatic heterocycles. The molecule has 0 aliphatic rings. The highest BCUT2D eigenvalue weighted by Crippen LogP contribution is 2.15. The van der Waals surface area contributed by atoms with Gasteiger partial charge in [-0.25, -0.2) is 4.79 Å². The summed E-state index contributed by atoms with van der Waals surface area (Å²) in [5, 5.41) is 44.1. The maximum Gasteiger partial charge on any atom is 0.336 e. The Morgan fingerprint density at radius 1 is 0.895 bits per heavy atom. The minimum atomic E-state index is -2.74. The standard InChI is InChI=1S/C6H8O7.C3H7NO2/c7-3(8)1-6(13,5(11)12)2-4(9)10;1-4-2-3(5)6/h13H,1-2H2,(H,7,8)(H,9,10)(H,11,12);4H,2H2,1H3,(H,5,6). The minimum absolute atomic E-state index is 0.0417. The zero-order chi connectivity index (χ0) is 15.6. The molecule has 10 heteroatoms. The Labute approximate surface area is 107 Å². The van der Waals surface area contributed by atoms with Crippen LogP contribution in [-0.2, 0) is 19.2 Å². The SMILES string of the molecule is CNCC(=O)O.O=C(O)CC(O)(CC(=O)O)C(=O)O. The summed E-state index contributed by atoms with van der Waals surface area (Å²) in [6, 6.07) is 0. The molecule has 6 N–H and O–H groups in total. The zero-order valence-corrected chi connectivity index (χ0v) is 9.99. The summed E-state index contributed by atoms with van der Waals surface area (Å²) in [5.74, 6) is -5.84. The highest BCUT2D eigenvalue weighted by Gasteiger charge is 2.40. The Kier molecular flexibility index (Phi) is 8.90. The van der Waals surface area contributed by atoms with Crippen LogP contribution in [0.2, 0.25) is 0 Å². The predicted molar refractivity (Wildman–Crippen MR) is 58.7 cm³/mol. The zero-order valence-electron chi connectivity index (χ0n) is 9.99. The largest absolute Gasteiger partial charge is 0.481 e. The molecule has 0 fully saturated rings. The van der Waals surface area contributed by atoms with Gasteiger partial charge in [0.2, 0.25) is 0 Å². The van der Waals surface area contributed by atoms with E-state index in [0.717, 1.165) is 0 Å². The highest BCUT2D eigenvalue weighted by molar-refractivity contribution is 5.88. The quantitative estimate of drug-likeness (QED) is 0.306. The third kappa shape index (κ3) is 10.7. The van der Waals surface area contributed by atoms with E-state index in [0.29, 0.717) is 0 Å². The summed E-state index contributed by atoms with van der Waals surface area (Å²) in [6.07, 6.45) is -2.29. The van der Waals surface area contributed by atoms with E-state index >= 15 is 0 Å². The van der Waals surface area contributed by atoms with Gasteiger partial charge in [-0.2, -0.15) is 0 Å². The molecule has 0 unspecified atom stereocenters. The van der Waals surface area contributed by atoms with E-state index in [9.17, 15) is 19.2 Å². The van der Waals surface area contributed by atoms with E-state index in [1.54, 1.807) is 7.05 Å². The van der Waals surface area contributed by atoms with Gasteiger partial charge >= 0.3 is 23.9 Å². The van der Waals surface area contributed by atoms with E-state index in [1.165, 1.54) is 0 Å². The monoisotopic (exact) mass is 281 g/mol. The Hall–Kier alpha value is -2.20. The van der Waals surface area contributed by atoms with Gasteiger partial charge in [-0.1, -0.05) is 0 Å². The smallest absolute Gasteiger partial charge is 0.336 e. The van der Waals surface area contributed by atoms with Crippen molar-refractivity contribution in [3.63, 3.8) is 0 Å². The lowest BCUT2D eigenvalue weighted by Gasteiger charge is -2.18. The van der Waals surface area contributed by atoms with Crippen LogP contribution in [-0.4, -0.2) is 68.6 Å². The summed E-state index contributed by atoms with van der Waals surface area (Å²) in [5.41, 5.74) is -2.74. The molecule has 10 nitrogen and oxygen atoms in total. The van der Waals surface area contributed by atoms with Crippen molar-refractivity contribution in [1.29, 1.82) is 0 Å². The molecular weight excluding hydrogens is 266 g/mol. The Bertz CT molecular complexity index is 336. The number of hydrogen-bond acceptors (Lipinski definition) is 6. The van der Waals surface area contributed by atoms with E-state index in [1.807, 2.05) is 0 Å². The van der Waals surface area contributed by atoms with Gasteiger partial charge in [0.25, 0.3) is 0 Å². The summed E-state index contributed by atoms with van der Waals surface area (Å²) in [6.45, 7) is 0.0417. The van der Waals surface area contributed by atoms with Crippen LogP contribution in [0, 0.1) is 0 Å². The molecule has 0 saturated carbocycles. The number of likely N-dealkylation sites (N-methyl/N-ethyl adjacent to an activating group) is 1. The van der Waals surface area contributed by atoms with Gasteiger partial charge in [0.1, 0.15) is 0 Å². The van der Waals surface area contributed by atoms with Crippen molar-refractivity contribution in [1.82, 2.24) is 5.32 Å². The molecule has 0 saturated heterocycles. The molecule has 0 heterocycles. The second kappa shape index (κ2) is 8.83. The molecule has 0 bridgehead atoms. The van der Waals surface area contributed by atoms with Crippen molar-refractivity contribution in [3.05, 3.63) is 0 Å². The minimum Gasteiger partial charge on any atom is -0.481 e. The Morgan fingerprint density at radius 2 is 1.26 bits per heavy atom. The van der Waals surface area contributed by atoms with Gasteiger partial charge < -0.3 is 30.8 Å². The molecular formula is C9H15NO9. The second-order valence-electron chi connectivity index (χ2n) is 3.40. The summed E-state index contributed by atoms with van der Waals surface area (Å²) in [7, 11) is 1.59. The predicted octanol–water partition coefficient (Wildman–Crippen LogP) is -1.96. The van der Waals surface area contributed by atoms with Gasteiger partial charge in [-0.3, -0.25) is 14.4 Å². The lowest BCUT2D eigenvalue weighted by atomic mass is 9.96. The average molecular weight is 281 g/mol. The van der Waals surface area contributed by atoms with E-state index in [2.05, 4.69) is 5.32 Å². The van der Waals surface area contributed by atoms with Crippen molar-refractivity contribution in [2.75, 3.05) is 13.6 Å². The van der Waals surface area contributed by atoms with Crippen LogP contribution < -0.4 is 5.32 Å². The maximum atomic E-state index is 10.3. The van der Waals surface area contributed by atoms with Crippen LogP contribution in [0.5, 0.6) is 0 Å². The van der Waals surface area contributed by atoms with Crippen molar-refractivity contribution < 1.29 is 44.7 Å². The number of nitrogens with one attached hydrogen (secondary N) is 1. The molecule has 0 spiro atoms. The molecule has 0 rings (SSSR count). The van der Waals surface area contributed by atoms with Crippen LogP contribution in [0.4, 0.5) is 0 Å². The highest BCUT2D eigenvalue weighted by atomic mass is 16.4. The van der Waals surface area contributed by atoms with Crippen molar-refractivity contribution in [2.24, 2.45) is 0 Å². The van der Waals surface area contributed by atoms with Crippen molar-refractivity contribution in [2.45, 2.75) is 18.4 Å². The Balaban J connectivity index is 0. The van der Waals surface area contributed by atoms with Gasteiger partial charge in [0.05, 0.1) is 19.4 Å². The van der Waals surface area contributed by atoms with Crippen molar-refractivity contribution >= 4 is 23.9 Å². The number of rotatable bonds is 7. The van der Waals surface area contributed by atoms with E-state index in [4.69, 9.17) is 25.5 Å². The number of aliphatic hydroxyl groups is 1. The second-order valence-corrected chi connectivity index (χ2v) is 3.40. The number of hydrogen-bond donors (Lipinski definition) is 6. The first kappa shape index (κ1) is 19.1. The summed E-state index contributed by atoms with van der Waals surface area (Å²) in [4.78, 5) is 40.0. The molecule has 0 atom stereocenters. The third-order valence-electron chi connectivity index (χ3n) is 1.61. The number of carbonyl (C=O) groups is 4. The Morgan fingerprint density at radius 3 is 1.37 bits per heavy atom. The van der Waals surface area contributed by atoms with Crippen LogP contribution in [0.3, 0.4) is 0 Å². The molecule has 110 valence electrons. The molecule has 0 aromatic rings. The molecule has 0 aliphatic carbocycles. The van der Waals surface area contributed by atoms with Crippen LogP contribution in [0.25, 0.3) is 0 Å². The number of aliphatic carboxylic acids is 4. The molecule has 19 heavy (non-hydrogen) atoms. The first-order valence-electron chi connectivity index (χ1n) is 4.81. The van der Waals surface area contributed by atoms with Gasteiger partial charge in [-0.15, -0.1) is 0 Å². The van der Waals surface area contributed by atoms with E-state index < -0.39 is 42.3 Å². The van der Waals surface area contributed by atoms with E-state index in [-0.39, 0.29) is 6.54 Å². The fourth-order valence-corrected chi connectivity index (χ4v) is 0.865. The van der Waals surface area contributed by atoms with Crippen LogP contribution >= 0.6 is 0 Å². The molecule has 0 aliphatic heterocycles. The molecule has 0 aromatic carbocycles. The maximum absolute atomic E-state index is 10.3. The summed E-state index contributed by atoms with van der Waals surface area (Å²) < 4.78 is 0. The topological polar surface area (TPSA) is 181 Å². The first-order chi connectivity index (χ1) is 8.55. The van der Waals surface area contributed by atoms with Crippen LogP contribution in [0.1, 0.15) is 12.8 Å².